The lowest BCUT2D eigenvalue weighted by molar-refractivity contribution is -0.133. The van der Waals surface area contributed by atoms with Gasteiger partial charge in [0.05, 0.1) is 20.1 Å². The highest BCUT2D eigenvalue weighted by Gasteiger charge is 2.36. The summed E-state index contributed by atoms with van der Waals surface area (Å²) in [5, 5.41) is 3.80. The van der Waals surface area contributed by atoms with Gasteiger partial charge in [0.25, 0.3) is 0 Å². The van der Waals surface area contributed by atoms with Crippen molar-refractivity contribution in [2.75, 3.05) is 14.2 Å². The molecule has 0 fully saturated rings. The lowest BCUT2D eigenvalue weighted by Crippen LogP contribution is -2.23. The molecule has 18 heavy (non-hydrogen) atoms. The van der Waals surface area contributed by atoms with Crippen molar-refractivity contribution in [3.8, 4) is 5.75 Å². The highest BCUT2D eigenvalue weighted by atomic mass is 16.6. The zero-order chi connectivity index (χ0) is 13.1. The normalized spacial score (nSPS) is 22.1. The third-order valence-corrected chi connectivity index (χ3v) is 2.99. The standard InChI is InChI=1S/C13H15NO4/c1-8-11(13(15)17-3)14-18-12(8)9-4-6-10(16-2)7-5-9/h4-8,12H,1-3H3/t8-,12-/m0/s1. The quantitative estimate of drug-likeness (QED) is 0.768. The van der Waals surface area contributed by atoms with Crippen molar-refractivity contribution in [2.24, 2.45) is 11.1 Å². The fourth-order valence-corrected chi connectivity index (χ4v) is 1.90. The molecule has 1 heterocycles. The molecule has 1 aliphatic rings. The summed E-state index contributed by atoms with van der Waals surface area (Å²) in [6.45, 7) is 1.89. The molecule has 0 N–H and O–H groups in total. The summed E-state index contributed by atoms with van der Waals surface area (Å²) < 4.78 is 9.75. The van der Waals surface area contributed by atoms with E-state index in [0.717, 1.165) is 11.3 Å². The van der Waals surface area contributed by atoms with Gasteiger partial charge >= 0.3 is 5.97 Å². The average Bonchev–Trinajstić information content (AvgIpc) is 2.80. The Morgan fingerprint density at radius 2 is 1.94 bits per heavy atom. The van der Waals surface area contributed by atoms with Crippen LogP contribution in [0.1, 0.15) is 18.6 Å². The van der Waals surface area contributed by atoms with Gasteiger partial charge in [-0.3, -0.25) is 0 Å². The molecule has 2 rings (SSSR count). The molecule has 2 atom stereocenters. The largest absolute Gasteiger partial charge is 0.497 e. The molecule has 5 nitrogen and oxygen atoms in total. The number of hydrogen-bond acceptors (Lipinski definition) is 5. The van der Waals surface area contributed by atoms with E-state index in [9.17, 15) is 4.79 Å². The van der Waals surface area contributed by atoms with Crippen LogP contribution >= 0.6 is 0 Å². The molecule has 0 spiro atoms. The van der Waals surface area contributed by atoms with E-state index in [0.29, 0.717) is 5.71 Å². The van der Waals surface area contributed by atoms with Crippen molar-refractivity contribution in [1.82, 2.24) is 0 Å². The van der Waals surface area contributed by atoms with Gasteiger partial charge in [-0.15, -0.1) is 0 Å². The van der Waals surface area contributed by atoms with Gasteiger partial charge in [0, 0.05) is 0 Å². The van der Waals surface area contributed by atoms with Crippen molar-refractivity contribution in [3.05, 3.63) is 29.8 Å². The van der Waals surface area contributed by atoms with Crippen LogP contribution in [-0.2, 0) is 14.4 Å². The molecule has 0 aromatic heterocycles. The van der Waals surface area contributed by atoms with Crippen molar-refractivity contribution in [1.29, 1.82) is 0 Å². The minimum absolute atomic E-state index is 0.133. The van der Waals surface area contributed by atoms with E-state index in [-0.39, 0.29) is 12.0 Å². The summed E-state index contributed by atoms with van der Waals surface area (Å²) >= 11 is 0. The summed E-state index contributed by atoms with van der Waals surface area (Å²) in [5.74, 6) is 0.197. The first-order chi connectivity index (χ1) is 8.67. The molecule has 1 aromatic rings. The van der Waals surface area contributed by atoms with Crippen LogP contribution in [0.3, 0.4) is 0 Å². The number of benzene rings is 1. The third-order valence-electron chi connectivity index (χ3n) is 2.99. The van der Waals surface area contributed by atoms with Crippen LogP contribution in [0.2, 0.25) is 0 Å². The Kier molecular flexibility index (Phi) is 3.50. The number of carbonyl (C=O) groups is 1. The van der Waals surface area contributed by atoms with Gasteiger partial charge in [-0.1, -0.05) is 24.2 Å². The van der Waals surface area contributed by atoms with E-state index in [2.05, 4.69) is 9.89 Å². The molecule has 0 bridgehead atoms. The lowest BCUT2D eigenvalue weighted by Gasteiger charge is -2.14. The number of hydrogen-bond donors (Lipinski definition) is 0. The molecule has 0 saturated heterocycles. The number of esters is 1. The second-order valence-corrected chi connectivity index (χ2v) is 4.06. The second-order valence-electron chi connectivity index (χ2n) is 4.06. The lowest BCUT2D eigenvalue weighted by atomic mass is 9.94. The number of oxime groups is 1. The second kappa shape index (κ2) is 5.08. The Morgan fingerprint density at radius 3 is 2.50 bits per heavy atom. The van der Waals surface area contributed by atoms with Gasteiger partial charge in [-0.05, 0) is 17.7 Å². The maximum absolute atomic E-state index is 11.4. The van der Waals surface area contributed by atoms with Gasteiger partial charge in [-0.2, -0.15) is 0 Å². The van der Waals surface area contributed by atoms with Crippen molar-refractivity contribution in [3.63, 3.8) is 0 Å². The van der Waals surface area contributed by atoms with Gasteiger partial charge in [0.15, 0.2) is 11.8 Å². The molecule has 5 heteroatoms. The number of ether oxygens (including phenoxy) is 2. The fourth-order valence-electron chi connectivity index (χ4n) is 1.90. The topological polar surface area (TPSA) is 57.1 Å². The highest BCUT2D eigenvalue weighted by Crippen LogP contribution is 2.33. The van der Waals surface area contributed by atoms with Gasteiger partial charge in [0.2, 0.25) is 0 Å². The third kappa shape index (κ3) is 2.16. The average molecular weight is 249 g/mol. The van der Waals surface area contributed by atoms with Crippen molar-refractivity contribution in [2.45, 2.75) is 13.0 Å². The first-order valence-corrected chi connectivity index (χ1v) is 5.63. The molecule has 1 aromatic carbocycles. The van der Waals surface area contributed by atoms with Crippen LogP contribution in [-0.4, -0.2) is 25.9 Å². The van der Waals surface area contributed by atoms with Crippen LogP contribution in [0.25, 0.3) is 0 Å². The molecule has 96 valence electrons. The predicted molar refractivity (Wildman–Crippen MR) is 65.4 cm³/mol. The first-order valence-electron chi connectivity index (χ1n) is 5.63. The number of nitrogens with zero attached hydrogens (tertiary/aromatic N) is 1. The molecule has 0 saturated carbocycles. The minimum atomic E-state index is -0.446. The van der Waals surface area contributed by atoms with Crippen LogP contribution in [0.4, 0.5) is 0 Å². The fraction of sp³-hybridized carbons (Fsp3) is 0.385. The minimum Gasteiger partial charge on any atom is -0.497 e. The highest BCUT2D eigenvalue weighted by molar-refractivity contribution is 6.37. The van der Waals surface area contributed by atoms with Crippen molar-refractivity contribution < 1.29 is 19.1 Å². The number of rotatable bonds is 3. The van der Waals surface area contributed by atoms with Crippen LogP contribution < -0.4 is 4.74 Å². The van der Waals surface area contributed by atoms with E-state index < -0.39 is 5.97 Å². The number of carbonyl (C=O) groups excluding carboxylic acids is 1. The maximum atomic E-state index is 11.4. The smallest absolute Gasteiger partial charge is 0.356 e. The molecule has 0 radical (unpaired) electrons. The van der Waals surface area contributed by atoms with Gasteiger partial charge in [-0.25, -0.2) is 4.79 Å². The Bertz CT molecular complexity index is 466. The molecule has 0 amide bonds. The van der Waals surface area contributed by atoms with Gasteiger partial charge < -0.3 is 14.3 Å². The zero-order valence-electron chi connectivity index (χ0n) is 10.5. The summed E-state index contributed by atoms with van der Waals surface area (Å²) in [7, 11) is 2.94. The molecule has 0 aliphatic carbocycles. The van der Waals surface area contributed by atoms with Crippen LogP contribution in [0.5, 0.6) is 5.75 Å². The van der Waals surface area contributed by atoms with E-state index in [1.165, 1.54) is 7.11 Å². The first kappa shape index (κ1) is 12.4. The molecule has 0 unspecified atom stereocenters. The molecular weight excluding hydrogens is 234 g/mol. The number of methoxy groups -OCH3 is 2. The zero-order valence-corrected chi connectivity index (χ0v) is 10.5. The van der Waals surface area contributed by atoms with E-state index in [1.807, 2.05) is 31.2 Å². The summed E-state index contributed by atoms with van der Waals surface area (Å²) in [6.07, 6.45) is -0.259. The summed E-state index contributed by atoms with van der Waals surface area (Å²) in [6, 6.07) is 7.49. The SMILES string of the molecule is COC(=O)C1=NO[C@H](c2ccc(OC)cc2)[C@H]1C. The Hall–Kier alpha value is -2.04. The van der Waals surface area contributed by atoms with Crippen molar-refractivity contribution >= 4 is 11.7 Å². The Balaban J connectivity index is 2.14. The van der Waals surface area contributed by atoms with E-state index in [4.69, 9.17) is 9.57 Å². The summed E-state index contributed by atoms with van der Waals surface area (Å²) in [5.41, 5.74) is 1.27. The predicted octanol–water partition coefficient (Wildman–Crippen LogP) is 1.93. The molecular formula is C13H15NO4. The van der Waals surface area contributed by atoms with Crippen LogP contribution in [0, 0.1) is 5.92 Å². The van der Waals surface area contributed by atoms with E-state index >= 15 is 0 Å². The molecule has 1 aliphatic heterocycles. The van der Waals surface area contributed by atoms with E-state index in [1.54, 1.807) is 7.11 Å². The maximum Gasteiger partial charge on any atom is 0.356 e. The Morgan fingerprint density at radius 1 is 1.28 bits per heavy atom. The monoisotopic (exact) mass is 249 g/mol. The van der Waals surface area contributed by atoms with Gasteiger partial charge in [0.1, 0.15) is 5.75 Å². The Labute approximate surface area is 105 Å². The van der Waals surface area contributed by atoms with Crippen LogP contribution in [0.15, 0.2) is 29.4 Å². The summed E-state index contributed by atoms with van der Waals surface area (Å²) in [4.78, 5) is 16.8.